The van der Waals surface area contributed by atoms with E-state index in [9.17, 15) is 9.90 Å². The second kappa shape index (κ2) is 4.31. The quantitative estimate of drug-likeness (QED) is 0.727. The largest absolute Gasteiger partial charge is 0.487 e. The van der Waals surface area contributed by atoms with Gasteiger partial charge in [-0.2, -0.15) is 5.10 Å². The summed E-state index contributed by atoms with van der Waals surface area (Å²) in [6.07, 6.45) is 3.11. The van der Waals surface area contributed by atoms with Crippen LogP contribution in [0, 0.1) is 0 Å². The Morgan fingerprint density at radius 2 is 2.40 bits per heavy atom. The third-order valence-corrected chi connectivity index (χ3v) is 1.91. The Bertz CT molecular complexity index is 346. The van der Waals surface area contributed by atoms with E-state index in [1.165, 1.54) is 13.1 Å². The summed E-state index contributed by atoms with van der Waals surface area (Å²) < 4.78 is 6.74. The molecule has 0 saturated heterocycles. The Hall–Kier alpha value is -1.56. The third-order valence-electron chi connectivity index (χ3n) is 1.91. The van der Waals surface area contributed by atoms with Gasteiger partial charge in [0.05, 0.1) is 12.4 Å². The Kier molecular flexibility index (Phi) is 3.31. The van der Waals surface area contributed by atoms with E-state index in [1.54, 1.807) is 10.9 Å². The normalized spacial score (nSPS) is 14.6. The zero-order valence-corrected chi connectivity index (χ0v) is 8.67. The number of carboxylic acids is 1. The molecule has 2 N–H and O–H groups in total. The molecular formula is C9H14N2O4. The zero-order chi connectivity index (χ0) is 11.5. The smallest absolute Gasteiger partial charge is 0.339 e. The summed E-state index contributed by atoms with van der Waals surface area (Å²) in [5.41, 5.74) is -1.88. The molecule has 0 radical (unpaired) electrons. The van der Waals surface area contributed by atoms with E-state index in [0.717, 1.165) is 0 Å². The second-order valence-electron chi connectivity index (χ2n) is 3.40. The van der Waals surface area contributed by atoms with Crippen LogP contribution in [0.3, 0.4) is 0 Å². The van der Waals surface area contributed by atoms with E-state index >= 15 is 0 Å². The lowest BCUT2D eigenvalue weighted by atomic mass is 10.1. The van der Waals surface area contributed by atoms with E-state index in [1.807, 2.05) is 6.92 Å². The van der Waals surface area contributed by atoms with Gasteiger partial charge in [0.1, 0.15) is 6.61 Å². The highest BCUT2D eigenvalue weighted by Gasteiger charge is 2.31. The van der Waals surface area contributed by atoms with Gasteiger partial charge in [-0.1, -0.05) is 0 Å². The van der Waals surface area contributed by atoms with Gasteiger partial charge in [-0.3, -0.25) is 4.68 Å². The number of carbonyl (C=O) groups is 1. The molecule has 0 aliphatic heterocycles. The average Bonchev–Trinajstić information content (AvgIpc) is 2.62. The van der Waals surface area contributed by atoms with Crippen molar-refractivity contribution in [2.45, 2.75) is 26.0 Å². The summed E-state index contributed by atoms with van der Waals surface area (Å²) in [5, 5.41) is 21.9. The molecule has 0 fully saturated rings. The number of aryl methyl sites for hydroxylation is 1. The fraction of sp³-hybridized carbons (Fsp3) is 0.556. The molecule has 1 atom stereocenters. The van der Waals surface area contributed by atoms with Crippen molar-refractivity contribution in [2.24, 2.45) is 0 Å². The minimum atomic E-state index is -1.88. The molecule has 0 bridgehead atoms. The fourth-order valence-electron chi connectivity index (χ4n) is 0.878. The van der Waals surface area contributed by atoms with Gasteiger partial charge in [0, 0.05) is 6.54 Å². The zero-order valence-electron chi connectivity index (χ0n) is 8.67. The number of ether oxygens (including phenoxy) is 1. The molecule has 1 aromatic heterocycles. The van der Waals surface area contributed by atoms with Gasteiger partial charge in [0.2, 0.25) is 0 Å². The molecular weight excluding hydrogens is 200 g/mol. The topological polar surface area (TPSA) is 84.6 Å². The number of aliphatic carboxylic acids is 1. The van der Waals surface area contributed by atoms with Crippen LogP contribution < -0.4 is 4.74 Å². The summed E-state index contributed by atoms with van der Waals surface area (Å²) in [6, 6.07) is 0. The van der Waals surface area contributed by atoms with E-state index in [2.05, 4.69) is 5.10 Å². The lowest BCUT2D eigenvalue weighted by Crippen LogP contribution is -2.41. The SMILES string of the molecule is CCn1cc(OCC(C)(O)C(=O)O)cn1. The molecule has 0 aliphatic carbocycles. The molecule has 1 rings (SSSR count). The van der Waals surface area contributed by atoms with Crippen LogP contribution in [0.4, 0.5) is 0 Å². The number of hydrogen-bond donors (Lipinski definition) is 2. The van der Waals surface area contributed by atoms with Crippen molar-refractivity contribution in [1.29, 1.82) is 0 Å². The number of carboxylic acid groups (broad SMARTS) is 1. The fourth-order valence-corrected chi connectivity index (χ4v) is 0.878. The Morgan fingerprint density at radius 1 is 1.73 bits per heavy atom. The maximum absolute atomic E-state index is 10.6. The summed E-state index contributed by atoms with van der Waals surface area (Å²) in [6.45, 7) is 3.50. The van der Waals surface area contributed by atoms with Gasteiger partial charge < -0.3 is 14.9 Å². The van der Waals surface area contributed by atoms with Gasteiger partial charge in [0.15, 0.2) is 11.4 Å². The number of hydrogen-bond acceptors (Lipinski definition) is 4. The Labute approximate surface area is 87.1 Å². The summed E-state index contributed by atoms with van der Waals surface area (Å²) in [7, 11) is 0. The molecule has 1 aromatic rings. The van der Waals surface area contributed by atoms with E-state index in [-0.39, 0.29) is 6.61 Å². The molecule has 0 saturated carbocycles. The number of aromatic nitrogens is 2. The number of nitrogens with zero attached hydrogens (tertiary/aromatic N) is 2. The van der Waals surface area contributed by atoms with Crippen LogP contribution in [0.2, 0.25) is 0 Å². The lowest BCUT2D eigenvalue weighted by molar-refractivity contribution is -0.159. The predicted octanol–water partition coefficient (Wildman–Crippen LogP) is 0.117. The summed E-state index contributed by atoms with van der Waals surface area (Å²) in [5.74, 6) is -0.872. The molecule has 0 aromatic carbocycles. The van der Waals surface area contributed by atoms with Gasteiger partial charge in [-0.25, -0.2) is 4.79 Å². The van der Waals surface area contributed by atoms with Crippen molar-refractivity contribution in [3.8, 4) is 5.75 Å². The van der Waals surface area contributed by atoms with Crippen LogP contribution in [0.1, 0.15) is 13.8 Å². The molecule has 15 heavy (non-hydrogen) atoms. The first kappa shape index (κ1) is 11.5. The van der Waals surface area contributed by atoms with Crippen LogP contribution in [-0.2, 0) is 11.3 Å². The van der Waals surface area contributed by atoms with Crippen molar-refractivity contribution < 1.29 is 19.7 Å². The molecule has 1 unspecified atom stereocenters. The third kappa shape index (κ3) is 2.95. The summed E-state index contributed by atoms with van der Waals surface area (Å²) >= 11 is 0. The van der Waals surface area contributed by atoms with Crippen LogP contribution >= 0.6 is 0 Å². The van der Waals surface area contributed by atoms with Crippen molar-refractivity contribution in [1.82, 2.24) is 9.78 Å². The van der Waals surface area contributed by atoms with Crippen LogP contribution in [0.5, 0.6) is 5.75 Å². The van der Waals surface area contributed by atoms with Crippen LogP contribution in [0.15, 0.2) is 12.4 Å². The second-order valence-corrected chi connectivity index (χ2v) is 3.40. The summed E-state index contributed by atoms with van der Waals surface area (Å²) in [4.78, 5) is 10.6. The predicted molar refractivity (Wildman–Crippen MR) is 51.7 cm³/mol. The maximum atomic E-state index is 10.6. The van der Waals surface area contributed by atoms with Crippen LogP contribution in [-0.4, -0.2) is 38.2 Å². The van der Waals surface area contributed by atoms with Gasteiger partial charge >= 0.3 is 5.97 Å². The molecule has 0 amide bonds. The highest BCUT2D eigenvalue weighted by atomic mass is 16.5. The average molecular weight is 214 g/mol. The van der Waals surface area contributed by atoms with Gasteiger partial charge in [-0.05, 0) is 13.8 Å². The first-order valence-electron chi connectivity index (χ1n) is 4.56. The van der Waals surface area contributed by atoms with Gasteiger partial charge in [0.25, 0.3) is 0 Å². The highest BCUT2D eigenvalue weighted by Crippen LogP contribution is 2.11. The van der Waals surface area contributed by atoms with E-state index in [4.69, 9.17) is 9.84 Å². The standard InChI is InChI=1S/C9H14N2O4/c1-3-11-5-7(4-10-11)15-6-9(2,14)8(12)13/h4-5,14H,3,6H2,1-2H3,(H,12,13). The first-order chi connectivity index (χ1) is 6.95. The molecule has 84 valence electrons. The highest BCUT2D eigenvalue weighted by molar-refractivity contribution is 5.76. The molecule has 6 nitrogen and oxygen atoms in total. The van der Waals surface area contributed by atoms with E-state index in [0.29, 0.717) is 12.3 Å². The minimum Gasteiger partial charge on any atom is -0.487 e. The monoisotopic (exact) mass is 214 g/mol. The first-order valence-corrected chi connectivity index (χ1v) is 4.56. The maximum Gasteiger partial charge on any atom is 0.339 e. The molecule has 0 spiro atoms. The molecule has 0 aliphatic rings. The van der Waals surface area contributed by atoms with Crippen molar-refractivity contribution in [2.75, 3.05) is 6.61 Å². The van der Waals surface area contributed by atoms with E-state index < -0.39 is 11.6 Å². The van der Waals surface area contributed by atoms with Crippen LogP contribution in [0.25, 0.3) is 0 Å². The van der Waals surface area contributed by atoms with Crippen molar-refractivity contribution >= 4 is 5.97 Å². The van der Waals surface area contributed by atoms with Gasteiger partial charge in [-0.15, -0.1) is 0 Å². The minimum absolute atomic E-state index is 0.308. The van der Waals surface area contributed by atoms with Crippen molar-refractivity contribution in [3.63, 3.8) is 0 Å². The molecule has 6 heteroatoms. The Morgan fingerprint density at radius 3 is 2.87 bits per heavy atom. The lowest BCUT2D eigenvalue weighted by Gasteiger charge is -2.17. The van der Waals surface area contributed by atoms with Crippen molar-refractivity contribution in [3.05, 3.63) is 12.4 Å². The number of aliphatic hydroxyl groups is 1. The molecule has 1 heterocycles. The Balaban J connectivity index is 2.53. The number of rotatable bonds is 5.